The van der Waals surface area contributed by atoms with Crippen LogP contribution in [-0.2, 0) is 11.2 Å². The van der Waals surface area contributed by atoms with Crippen molar-refractivity contribution in [1.29, 1.82) is 0 Å². The van der Waals surface area contributed by atoms with Crippen molar-refractivity contribution >= 4 is 23.2 Å². The number of hydrogen-bond donors (Lipinski definition) is 2. The van der Waals surface area contributed by atoms with Crippen LogP contribution in [0.4, 0.5) is 5.69 Å². The van der Waals surface area contributed by atoms with E-state index in [1.54, 1.807) is 19.2 Å². The Bertz CT molecular complexity index is 646. The summed E-state index contributed by atoms with van der Waals surface area (Å²) in [5, 5.41) is 6.71. The van der Waals surface area contributed by atoms with E-state index < -0.39 is 0 Å². The zero-order chi connectivity index (χ0) is 16.5. The Balaban J connectivity index is 1.66. The first-order chi connectivity index (χ1) is 11.2. The Kier molecular flexibility index (Phi) is 6.91. The van der Waals surface area contributed by atoms with Gasteiger partial charge in [-0.2, -0.15) is 0 Å². The van der Waals surface area contributed by atoms with Gasteiger partial charge in [0, 0.05) is 23.7 Å². The van der Waals surface area contributed by atoms with E-state index in [0.29, 0.717) is 18.0 Å². The van der Waals surface area contributed by atoms with Gasteiger partial charge in [-0.3, -0.25) is 4.79 Å². The van der Waals surface area contributed by atoms with E-state index in [-0.39, 0.29) is 5.91 Å². The molecule has 0 aromatic heterocycles. The van der Waals surface area contributed by atoms with Crippen LogP contribution in [0.5, 0.6) is 5.75 Å². The van der Waals surface area contributed by atoms with Crippen LogP contribution in [0, 0.1) is 0 Å². The fourth-order valence-electron chi connectivity index (χ4n) is 2.25. The Morgan fingerprint density at radius 2 is 1.96 bits per heavy atom. The number of ether oxygens (including phenoxy) is 1. The maximum atomic E-state index is 11.8. The smallest absolute Gasteiger partial charge is 0.225 e. The van der Waals surface area contributed by atoms with E-state index in [9.17, 15) is 4.79 Å². The van der Waals surface area contributed by atoms with Crippen molar-refractivity contribution in [2.45, 2.75) is 12.8 Å². The maximum Gasteiger partial charge on any atom is 0.225 e. The second-order valence-corrected chi connectivity index (χ2v) is 5.56. The average molecular weight is 333 g/mol. The van der Waals surface area contributed by atoms with E-state index >= 15 is 0 Å². The quantitative estimate of drug-likeness (QED) is 0.727. The van der Waals surface area contributed by atoms with Crippen molar-refractivity contribution in [3.05, 3.63) is 59.1 Å². The molecule has 23 heavy (non-hydrogen) atoms. The molecule has 1 amide bonds. The predicted octanol–water partition coefficient (Wildman–Crippen LogP) is 3.51. The molecule has 2 rings (SSSR count). The summed E-state index contributed by atoms with van der Waals surface area (Å²) in [4.78, 5) is 11.8. The van der Waals surface area contributed by atoms with Crippen molar-refractivity contribution in [2.24, 2.45) is 0 Å². The standard InChI is InChI=1S/C18H21ClN2O2/c1-23-17-8-3-2-5-14(17)9-11-20-12-10-18(22)21-16-7-4-6-15(19)13-16/h2-8,13,20H,9-12H2,1H3,(H,21,22). The molecule has 0 aliphatic rings. The molecular formula is C18H21ClN2O2. The summed E-state index contributed by atoms with van der Waals surface area (Å²) < 4.78 is 5.31. The van der Waals surface area contributed by atoms with E-state index in [4.69, 9.17) is 16.3 Å². The summed E-state index contributed by atoms with van der Waals surface area (Å²) in [6, 6.07) is 15.1. The van der Waals surface area contributed by atoms with E-state index in [1.165, 1.54) is 0 Å². The topological polar surface area (TPSA) is 50.4 Å². The predicted molar refractivity (Wildman–Crippen MR) is 94.3 cm³/mol. The number of carbonyl (C=O) groups is 1. The molecule has 2 aromatic rings. The van der Waals surface area contributed by atoms with Crippen molar-refractivity contribution in [1.82, 2.24) is 5.32 Å². The zero-order valence-electron chi connectivity index (χ0n) is 13.1. The zero-order valence-corrected chi connectivity index (χ0v) is 13.9. The number of para-hydroxylation sites is 1. The van der Waals surface area contributed by atoms with Crippen LogP contribution in [0.25, 0.3) is 0 Å². The fraction of sp³-hybridized carbons (Fsp3) is 0.278. The first-order valence-electron chi connectivity index (χ1n) is 7.57. The number of halogens is 1. The molecule has 0 saturated heterocycles. The third-order valence-electron chi connectivity index (χ3n) is 3.40. The minimum atomic E-state index is -0.0305. The number of methoxy groups -OCH3 is 1. The van der Waals surface area contributed by atoms with Crippen LogP contribution in [0.1, 0.15) is 12.0 Å². The van der Waals surface area contributed by atoms with Gasteiger partial charge in [-0.25, -0.2) is 0 Å². The molecule has 4 nitrogen and oxygen atoms in total. The van der Waals surface area contributed by atoms with Crippen LogP contribution < -0.4 is 15.4 Å². The second-order valence-electron chi connectivity index (χ2n) is 5.12. The van der Waals surface area contributed by atoms with Gasteiger partial charge in [-0.15, -0.1) is 0 Å². The highest BCUT2D eigenvalue weighted by Crippen LogP contribution is 2.17. The van der Waals surface area contributed by atoms with Gasteiger partial charge in [0.15, 0.2) is 0 Å². The summed E-state index contributed by atoms with van der Waals surface area (Å²) in [6.07, 6.45) is 1.28. The van der Waals surface area contributed by atoms with Crippen LogP contribution in [0.3, 0.4) is 0 Å². The minimum Gasteiger partial charge on any atom is -0.496 e. The molecule has 122 valence electrons. The molecule has 2 N–H and O–H groups in total. The van der Waals surface area contributed by atoms with Crippen molar-refractivity contribution in [3.8, 4) is 5.75 Å². The van der Waals surface area contributed by atoms with Gasteiger partial charge >= 0.3 is 0 Å². The van der Waals surface area contributed by atoms with Crippen LogP contribution >= 0.6 is 11.6 Å². The van der Waals surface area contributed by atoms with Gasteiger partial charge in [-0.1, -0.05) is 35.9 Å². The normalized spacial score (nSPS) is 10.3. The van der Waals surface area contributed by atoms with Crippen molar-refractivity contribution in [2.75, 3.05) is 25.5 Å². The molecule has 0 bridgehead atoms. The summed E-state index contributed by atoms with van der Waals surface area (Å²) in [6.45, 7) is 1.42. The lowest BCUT2D eigenvalue weighted by Crippen LogP contribution is -2.23. The van der Waals surface area contributed by atoms with Crippen LogP contribution in [-0.4, -0.2) is 26.1 Å². The molecule has 0 spiro atoms. The number of rotatable bonds is 8. The summed E-state index contributed by atoms with van der Waals surface area (Å²) >= 11 is 5.88. The van der Waals surface area contributed by atoms with Crippen LogP contribution in [0.2, 0.25) is 5.02 Å². The van der Waals surface area contributed by atoms with Crippen molar-refractivity contribution < 1.29 is 9.53 Å². The van der Waals surface area contributed by atoms with E-state index in [2.05, 4.69) is 10.6 Å². The number of benzene rings is 2. The van der Waals surface area contributed by atoms with Gasteiger partial charge in [-0.05, 0) is 42.8 Å². The lowest BCUT2D eigenvalue weighted by molar-refractivity contribution is -0.116. The molecule has 0 radical (unpaired) electrons. The third-order valence-corrected chi connectivity index (χ3v) is 3.64. The van der Waals surface area contributed by atoms with Gasteiger partial charge in [0.05, 0.1) is 7.11 Å². The maximum absolute atomic E-state index is 11.8. The number of carbonyl (C=O) groups excluding carboxylic acids is 1. The highest BCUT2D eigenvalue weighted by atomic mass is 35.5. The number of hydrogen-bond acceptors (Lipinski definition) is 3. The molecule has 0 unspecified atom stereocenters. The highest BCUT2D eigenvalue weighted by Gasteiger charge is 2.04. The summed E-state index contributed by atoms with van der Waals surface area (Å²) in [7, 11) is 1.67. The van der Waals surface area contributed by atoms with Gasteiger partial charge in [0.2, 0.25) is 5.91 Å². The summed E-state index contributed by atoms with van der Waals surface area (Å²) in [5.74, 6) is 0.866. The number of amides is 1. The first kappa shape index (κ1) is 17.3. The Morgan fingerprint density at radius 3 is 2.74 bits per heavy atom. The fourth-order valence-corrected chi connectivity index (χ4v) is 2.44. The average Bonchev–Trinajstić information content (AvgIpc) is 2.55. The first-order valence-corrected chi connectivity index (χ1v) is 7.95. The molecule has 0 fully saturated rings. The molecule has 5 heteroatoms. The lowest BCUT2D eigenvalue weighted by atomic mass is 10.1. The Morgan fingerprint density at radius 1 is 1.13 bits per heavy atom. The molecule has 0 aliphatic carbocycles. The van der Waals surface area contributed by atoms with Gasteiger partial charge in [0.1, 0.15) is 5.75 Å². The Labute approximate surface area is 141 Å². The Hall–Kier alpha value is -2.04. The van der Waals surface area contributed by atoms with Crippen molar-refractivity contribution in [3.63, 3.8) is 0 Å². The molecular weight excluding hydrogens is 312 g/mol. The SMILES string of the molecule is COc1ccccc1CCNCCC(=O)Nc1cccc(Cl)c1. The molecule has 0 aliphatic heterocycles. The number of nitrogens with one attached hydrogen (secondary N) is 2. The highest BCUT2D eigenvalue weighted by molar-refractivity contribution is 6.30. The lowest BCUT2D eigenvalue weighted by Gasteiger charge is -2.09. The minimum absolute atomic E-state index is 0.0305. The molecule has 0 saturated carbocycles. The van der Waals surface area contributed by atoms with Gasteiger partial charge < -0.3 is 15.4 Å². The molecule has 0 heterocycles. The van der Waals surface area contributed by atoms with E-state index in [0.717, 1.165) is 30.0 Å². The summed E-state index contributed by atoms with van der Waals surface area (Å²) in [5.41, 5.74) is 1.88. The largest absolute Gasteiger partial charge is 0.496 e. The molecule has 0 atom stereocenters. The third kappa shape index (κ3) is 5.93. The number of anilines is 1. The van der Waals surface area contributed by atoms with E-state index in [1.807, 2.05) is 36.4 Å². The van der Waals surface area contributed by atoms with Crippen LogP contribution in [0.15, 0.2) is 48.5 Å². The second kappa shape index (κ2) is 9.18. The van der Waals surface area contributed by atoms with Gasteiger partial charge in [0.25, 0.3) is 0 Å². The monoisotopic (exact) mass is 332 g/mol. The molecule has 2 aromatic carbocycles.